The van der Waals surface area contributed by atoms with Crippen LogP contribution >= 0.6 is 0 Å². The Labute approximate surface area is 77.2 Å². The summed E-state index contributed by atoms with van der Waals surface area (Å²) in [4.78, 5) is 0. The highest BCUT2D eigenvalue weighted by atomic mass is 16.3. The predicted molar refractivity (Wildman–Crippen MR) is 48.1 cm³/mol. The molecule has 3 N–H and O–H groups in total. The van der Waals surface area contributed by atoms with Crippen LogP contribution in [0.25, 0.3) is 0 Å². The van der Waals surface area contributed by atoms with Crippen molar-refractivity contribution in [1.82, 2.24) is 5.32 Å². The summed E-state index contributed by atoms with van der Waals surface area (Å²) in [6, 6.07) is 1.85. The third-order valence-electron chi connectivity index (χ3n) is 1.76. The molecule has 0 saturated carbocycles. The molecule has 1 aromatic rings. The first-order chi connectivity index (χ1) is 6.14. The molecule has 0 radical (unpaired) electrons. The average Bonchev–Trinajstić information content (AvgIpc) is 2.57. The van der Waals surface area contributed by atoms with E-state index in [0.717, 1.165) is 5.56 Å². The summed E-state index contributed by atoms with van der Waals surface area (Å²) >= 11 is 0. The summed E-state index contributed by atoms with van der Waals surface area (Å²) in [5.74, 6) is 0. The molecule has 0 fully saturated rings. The van der Waals surface area contributed by atoms with Gasteiger partial charge in [0.15, 0.2) is 0 Å². The van der Waals surface area contributed by atoms with Crippen LogP contribution in [0.4, 0.5) is 0 Å². The minimum Gasteiger partial charge on any atom is -0.472 e. The molecular weight excluding hydrogens is 170 g/mol. The third-order valence-corrected chi connectivity index (χ3v) is 1.76. The quantitative estimate of drug-likeness (QED) is 0.609. The average molecular weight is 185 g/mol. The summed E-state index contributed by atoms with van der Waals surface area (Å²) in [6.07, 6.45) is 3.24. The lowest BCUT2D eigenvalue weighted by Crippen LogP contribution is -2.40. The predicted octanol–water partition coefficient (Wildman–Crippen LogP) is 0.112. The van der Waals surface area contributed by atoms with E-state index in [-0.39, 0.29) is 6.61 Å². The van der Waals surface area contributed by atoms with Gasteiger partial charge in [-0.2, -0.15) is 0 Å². The van der Waals surface area contributed by atoms with Crippen LogP contribution in [0, 0.1) is 0 Å². The molecule has 0 aliphatic rings. The minimum atomic E-state index is -1.05. The van der Waals surface area contributed by atoms with Crippen molar-refractivity contribution in [2.24, 2.45) is 0 Å². The Morgan fingerprint density at radius 1 is 1.62 bits per heavy atom. The van der Waals surface area contributed by atoms with E-state index in [9.17, 15) is 5.11 Å². The second kappa shape index (κ2) is 4.41. The Bertz CT molecular complexity index is 231. The SMILES string of the molecule is CC(O)(CO)CNCc1ccoc1. The highest BCUT2D eigenvalue weighted by molar-refractivity contribution is 5.04. The lowest BCUT2D eigenvalue weighted by molar-refractivity contribution is 0.00253. The highest BCUT2D eigenvalue weighted by Gasteiger charge is 2.17. The fourth-order valence-electron chi connectivity index (χ4n) is 0.925. The van der Waals surface area contributed by atoms with Crippen LogP contribution in [0.3, 0.4) is 0 Å². The lowest BCUT2D eigenvalue weighted by Gasteiger charge is -2.20. The van der Waals surface area contributed by atoms with Crippen molar-refractivity contribution in [3.63, 3.8) is 0 Å². The number of rotatable bonds is 5. The second-order valence-electron chi connectivity index (χ2n) is 3.39. The Hall–Kier alpha value is -0.840. The summed E-state index contributed by atoms with van der Waals surface area (Å²) in [5, 5.41) is 21.2. The van der Waals surface area contributed by atoms with Crippen LogP contribution < -0.4 is 5.32 Å². The fourth-order valence-corrected chi connectivity index (χ4v) is 0.925. The summed E-state index contributed by atoms with van der Waals surface area (Å²) in [7, 11) is 0. The molecule has 0 aliphatic heterocycles. The molecule has 74 valence electrons. The molecule has 1 atom stereocenters. The van der Waals surface area contributed by atoms with Gasteiger partial charge in [0.1, 0.15) is 0 Å². The molecule has 1 rings (SSSR count). The van der Waals surface area contributed by atoms with Crippen LogP contribution in [0.1, 0.15) is 12.5 Å². The van der Waals surface area contributed by atoms with Crippen molar-refractivity contribution >= 4 is 0 Å². The number of furan rings is 1. The molecule has 0 saturated heterocycles. The zero-order valence-electron chi connectivity index (χ0n) is 7.66. The molecule has 0 amide bonds. The summed E-state index contributed by atoms with van der Waals surface area (Å²) < 4.78 is 4.87. The van der Waals surface area contributed by atoms with Gasteiger partial charge in [0, 0.05) is 18.7 Å². The van der Waals surface area contributed by atoms with Crippen molar-refractivity contribution in [3.05, 3.63) is 24.2 Å². The topological polar surface area (TPSA) is 65.6 Å². The highest BCUT2D eigenvalue weighted by Crippen LogP contribution is 2.01. The number of nitrogens with one attached hydrogen (secondary N) is 1. The molecule has 1 aromatic heterocycles. The van der Waals surface area contributed by atoms with Crippen molar-refractivity contribution in [2.45, 2.75) is 19.1 Å². The third kappa shape index (κ3) is 3.59. The Morgan fingerprint density at radius 3 is 2.92 bits per heavy atom. The van der Waals surface area contributed by atoms with Gasteiger partial charge in [-0.3, -0.25) is 0 Å². The van der Waals surface area contributed by atoms with Gasteiger partial charge in [0.05, 0.1) is 24.7 Å². The van der Waals surface area contributed by atoms with E-state index in [0.29, 0.717) is 13.1 Å². The van der Waals surface area contributed by atoms with Gasteiger partial charge in [0.25, 0.3) is 0 Å². The van der Waals surface area contributed by atoms with Crippen LogP contribution in [0.2, 0.25) is 0 Å². The van der Waals surface area contributed by atoms with Gasteiger partial charge < -0.3 is 19.9 Å². The van der Waals surface area contributed by atoms with E-state index in [1.807, 2.05) is 6.07 Å². The van der Waals surface area contributed by atoms with Gasteiger partial charge in [-0.15, -0.1) is 0 Å². The first kappa shape index (κ1) is 10.2. The van der Waals surface area contributed by atoms with E-state index in [4.69, 9.17) is 9.52 Å². The van der Waals surface area contributed by atoms with Crippen LogP contribution in [-0.2, 0) is 6.54 Å². The normalized spacial score (nSPS) is 15.6. The molecule has 13 heavy (non-hydrogen) atoms. The molecule has 4 heteroatoms. The lowest BCUT2D eigenvalue weighted by atomic mass is 10.1. The minimum absolute atomic E-state index is 0.245. The van der Waals surface area contributed by atoms with Crippen molar-refractivity contribution in [1.29, 1.82) is 0 Å². The maximum atomic E-state index is 9.42. The first-order valence-electron chi connectivity index (χ1n) is 4.19. The van der Waals surface area contributed by atoms with E-state index in [1.54, 1.807) is 19.5 Å². The van der Waals surface area contributed by atoms with Gasteiger partial charge in [-0.1, -0.05) is 0 Å². The molecule has 0 aromatic carbocycles. The zero-order valence-corrected chi connectivity index (χ0v) is 7.66. The smallest absolute Gasteiger partial charge is 0.0972 e. The van der Waals surface area contributed by atoms with Crippen LogP contribution in [0.5, 0.6) is 0 Å². The van der Waals surface area contributed by atoms with E-state index < -0.39 is 5.60 Å². The maximum absolute atomic E-state index is 9.42. The number of hydrogen-bond acceptors (Lipinski definition) is 4. The number of hydrogen-bond donors (Lipinski definition) is 3. The fraction of sp³-hybridized carbons (Fsp3) is 0.556. The number of aliphatic hydroxyl groups excluding tert-OH is 1. The zero-order chi connectivity index (χ0) is 9.73. The summed E-state index contributed by atoms with van der Waals surface area (Å²) in [5.41, 5.74) is -0.0299. The monoisotopic (exact) mass is 185 g/mol. The number of aliphatic hydroxyl groups is 2. The van der Waals surface area contributed by atoms with Crippen molar-refractivity contribution < 1.29 is 14.6 Å². The van der Waals surface area contributed by atoms with E-state index >= 15 is 0 Å². The van der Waals surface area contributed by atoms with Gasteiger partial charge in [-0.05, 0) is 13.0 Å². The van der Waals surface area contributed by atoms with Gasteiger partial charge >= 0.3 is 0 Å². The van der Waals surface area contributed by atoms with Gasteiger partial charge in [-0.25, -0.2) is 0 Å². The molecule has 1 unspecified atom stereocenters. The molecular formula is C9H15NO3. The Morgan fingerprint density at radius 2 is 2.38 bits per heavy atom. The van der Waals surface area contributed by atoms with E-state index in [2.05, 4.69) is 5.32 Å². The molecule has 0 aliphatic carbocycles. The van der Waals surface area contributed by atoms with E-state index in [1.165, 1.54) is 0 Å². The van der Waals surface area contributed by atoms with Gasteiger partial charge in [0.2, 0.25) is 0 Å². The maximum Gasteiger partial charge on any atom is 0.0972 e. The summed E-state index contributed by atoms with van der Waals surface area (Å²) in [6.45, 7) is 2.32. The molecule has 1 heterocycles. The van der Waals surface area contributed by atoms with Crippen LogP contribution in [0.15, 0.2) is 23.0 Å². The Balaban J connectivity index is 2.21. The molecule has 0 spiro atoms. The standard InChI is InChI=1S/C9H15NO3/c1-9(12,7-11)6-10-4-8-2-3-13-5-8/h2-3,5,10-12H,4,6-7H2,1H3. The second-order valence-corrected chi connectivity index (χ2v) is 3.39. The first-order valence-corrected chi connectivity index (χ1v) is 4.19. The van der Waals surface area contributed by atoms with Crippen LogP contribution in [-0.4, -0.2) is 29.0 Å². The van der Waals surface area contributed by atoms with Crippen molar-refractivity contribution in [3.8, 4) is 0 Å². The largest absolute Gasteiger partial charge is 0.472 e. The van der Waals surface area contributed by atoms with Crippen molar-refractivity contribution in [2.75, 3.05) is 13.2 Å². The Kier molecular flexibility index (Phi) is 3.48. The molecule has 0 bridgehead atoms. The molecule has 4 nitrogen and oxygen atoms in total.